The molecule has 0 bridgehead atoms. The maximum Gasteiger partial charge on any atom is 0.339 e. The summed E-state index contributed by atoms with van der Waals surface area (Å²) in [4.78, 5) is 11.3. The van der Waals surface area contributed by atoms with Crippen molar-refractivity contribution in [1.29, 1.82) is 0 Å². The second kappa shape index (κ2) is 8.72. The van der Waals surface area contributed by atoms with Crippen molar-refractivity contribution in [2.24, 2.45) is 0 Å². The molecule has 1 aromatic rings. The Morgan fingerprint density at radius 3 is 2.41 bits per heavy atom. The van der Waals surface area contributed by atoms with Gasteiger partial charge in [-0.1, -0.05) is 32.0 Å². The zero-order valence-corrected chi connectivity index (χ0v) is 11.3. The van der Waals surface area contributed by atoms with Gasteiger partial charge in [0.1, 0.15) is 0 Å². The zero-order valence-electron chi connectivity index (χ0n) is 10.4. The molecule has 0 aromatic heterocycles. The largest absolute Gasteiger partial charge is 0.339 e. The minimum atomic E-state index is -1.69. The first-order valence-electron chi connectivity index (χ1n) is 5.27. The van der Waals surface area contributed by atoms with Crippen LogP contribution < -0.4 is 10.8 Å². The highest BCUT2D eigenvalue weighted by molar-refractivity contribution is 7.80. The fourth-order valence-corrected chi connectivity index (χ4v) is 1.68. The highest BCUT2D eigenvalue weighted by Crippen LogP contribution is 2.11. The lowest BCUT2D eigenvalue weighted by atomic mass is 10.2. The molecular formula is C11H18N2O3S. The van der Waals surface area contributed by atoms with Crippen LogP contribution in [0.25, 0.3) is 0 Å². The summed E-state index contributed by atoms with van der Waals surface area (Å²) >= 11 is -1.69. The third kappa shape index (κ3) is 5.46. The molecule has 1 atom stereocenters. The molecule has 0 saturated carbocycles. The SMILES string of the molecule is CC.CNC(=O)NOS(=O)c1ccccc1C. The number of urea groups is 1. The Morgan fingerprint density at radius 1 is 1.29 bits per heavy atom. The van der Waals surface area contributed by atoms with Crippen LogP contribution in [-0.4, -0.2) is 17.3 Å². The lowest BCUT2D eigenvalue weighted by Crippen LogP contribution is -2.33. The Kier molecular flexibility index (Phi) is 8.00. The molecule has 0 heterocycles. The average molecular weight is 258 g/mol. The Bertz CT molecular complexity index is 383. The van der Waals surface area contributed by atoms with Gasteiger partial charge in [-0.25, -0.2) is 14.5 Å². The third-order valence-corrected chi connectivity index (χ3v) is 2.76. The second-order valence-electron chi connectivity index (χ2n) is 2.76. The number of rotatable bonds is 3. The summed E-state index contributed by atoms with van der Waals surface area (Å²) in [7, 11) is 1.44. The molecule has 6 heteroatoms. The van der Waals surface area contributed by atoms with Crippen LogP contribution in [0.4, 0.5) is 4.79 Å². The fourth-order valence-electron chi connectivity index (χ4n) is 0.915. The van der Waals surface area contributed by atoms with Gasteiger partial charge in [0.2, 0.25) is 11.1 Å². The van der Waals surface area contributed by atoms with E-state index in [1.807, 2.05) is 38.4 Å². The highest BCUT2D eigenvalue weighted by atomic mass is 32.2. The Morgan fingerprint density at radius 2 is 1.88 bits per heavy atom. The van der Waals surface area contributed by atoms with Gasteiger partial charge >= 0.3 is 6.03 Å². The predicted octanol–water partition coefficient (Wildman–Crippen LogP) is 1.90. The molecule has 0 fully saturated rings. The standard InChI is InChI=1S/C9H12N2O3S.C2H6/c1-7-5-3-4-6-8(7)15(13)14-11-9(12)10-2;1-2/h3-6H,1-2H3,(H2,10,11,12);1-2H3. The first-order chi connectivity index (χ1) is 8.15. The van der Waals surface area contributed by atoms with E-state index in [9.17, 15) is 9.00 Å². The van der Waals surface area contributed by atoms with Crippen LogP contribution in [0.3, 0.4) is 0 Å². The third-order valence-electron chi connectivity index (χ3n) is 1.71. The van der Waals surface area contributed by atoms with Gasteiger partial charge < -0.3 is 5.32 Å². The Hall–Kier alpha value is -1.40. The van der Waals surface area contributed by atoms with Crippen molar-refractivity contribution in [3.05, 3.63) is 29.8 Å². The molecular weight excluding hydrogens is 240 g/mol. The lowest BCUT2D eigenvalue weighted by Gasteiger charge is -2.05. The van der Waals surface area contributed by atoms with E-state index < -0.39 is 17.1 Å². The second-order valence-corrected chi connectivity index (χ2v) is 3.84. The van der Waals surface area contributed by atoms with Gasteiger partial charge in [0.25, 0.3) is 0 Å². The van der Waals surface area contributed by atoms with Gasteiger partial charge in [-0.15, -0.1) is 0 Å². The summed E-state index contributed by atoms with van der Waals surface area (Å²) in [5, 5.41) is 2.28. The summed E-state index contributed by atoms with van der Waals surface area (Å²) in [6.07, 6.45) is 0. The summed E-state index contributed by atoms with van der Waals surface area (Å²) in [5.74, 6) is 0. The molecule has 0 radical (unpaired) electrons. The maximum absolute atomic E-state index is 11.5. The van der Waals surface area contributed by atoms with Crippen molar-refractivity contribution in [2.45, 2.75) is 25.7 Å². The molecule has 1 rings (SSSR count). The van der Waals surface area contributed by atoms with Crippen molar-refractivity contribution < 1.29 is 13.3 Å². The molecule has 1 unspecified atom stereocenters. The molecule has 0 aliphatic heterocycles. The number of hydroxylamine groups is 1. The topological polar surface area (TPSA) is 67.4 Å². The molecule has 2 N–H and O–H groups in total. The lowest BCUT2D eigenvalue weighted by molar-refractivity contribution is 0.191. The highest BCUT2D eigenvalue weighted by Gasteiger charge is 2.08. The molecule has 17 heavy (non-hydrogen) atoms. The number of nitrogens with one attached hydrogen (secondary N) is 2. The number of carbonyl (C=O) groups excluding carboxylic acids is 1. The predicted molar refractivity (Wildman–Crippen MR) is 67.6 cm³/mol. The van der Waals surface area contributed by atoms with Gasteiger partial charge in [-0.3, -0.25) is 0 Å². The van der Waals surface area contributed by atoms with E-state index in [2.05, 4.69) is 9.60 Å². The van der Waals surface area contributed by atoms with Crippen LogP contribution >= 0.6 is 0 Å². The van der Waals surface area contributed by atoms with Crippen LogP contribution in [-0.2, 0) is 15.4 Å². The van der Waals surface area contributed by atoms with Crippen molar-refractivity contribution in [2.75, 3.05) is 7.05 Å². The monoisotopic (exact) mass is 258 g/mol. The summed E-state index contributed by atoms with van der Waals surface area (Å²) in [5.41, 5.74) is 2.85. The van der Waals surface area contributed by atoms with Crippen LogP contribution in [0.5, 0.6) is 0 Å². The van der Waals surface area contributed by atoms with Gasteiger partial charge in [0.15, 0.2) is 0 Å². The first-order valence-corrected chi connectivity index (χ1v) is 6.35. The van der Waals surface area contributed by atoms with E-state index in [1.165, 1.54) is 7.05 Å². The van der Waals surface area contributed by atoms with E-state index in [0.717, 1.165) is 5.56 Å². The normalized spacial score (nSPS) is 10.8. The van der Waals surface area contributed by atoms with Gasteiger partial charge in [-0.2, -0.15) is 4.28 Å². The van der Waals surface area contributed by atoms with E-state index in [1.54, 1.807) is 12.1 Å². The number of hydrogen-bond acceptors (Lipinski definition) is 3. The molecule has 0 aliphatic rings. The Balaban J connectivity index is 0.00000121. The number of aryl methyl sites for hydroxylation is 1. The molecule has 0 saturated heterocycles. The number of amides is 2. The van der Waals surface area contributed by atoms with Gasteiger partial charge in [0.05, 0.1) is 4.90 Å². The summed E-state index contributed by atoms with van der Waals surface area (Å²) in [6.45, 7) is 5.82. The van der Waals surface area contributed by atoms with E-state index >= 15 is 0 Å². The molecule has 0 aliphatic carbocycles. The number of benzene rings is 1. The van der Waals surface area contributed by atoms with Crippen LogP contribution in [0.1, 0.15) is 19.4 Å². The maximum atomic E-state index is 11.5. The van der Waals surface area contributed by atoms with Crippen molar-refractivity contribution in [3.8, 4) is 0 Å². The molecule has 5 nitrogen and oxygen atoms in total. The number of carbonyl (C=O) groups is 1. The van der Waals surface area contributed by atoms with Crippen LogP contribution in [0.15, 0.2) is 29.2 Å². The van der Waals surface area contributed by atoms with E-state index in [0.29, 0.717) is 4.90 Å². The minimum Gasteiger partial charge on any atom is -0.339 e. The number of hydrogen-bond donors (Lipinski definition) is 2. The van der Waals surface area contributed by atoms with Gasteiger partial charge in [0, 0.05) is 7.05 Å². The van der Waals surface area contributed by atoms with Crippen molar-refractivity contribution in [1.82, 2.24) is 10.8 Å². The fraction of sp³-hybridized carbons (Fsp3) is 0.364. The Labute approximate surface area is 104 Å². The quantitative estimate of drug-likeness (QED) is 0.814. The van der Waals surface area contributed by atoms with Gasteiger partial charge in [-0.05, 0) is 18.6 Å². The minimum absolute atomic E-state index is 0.536. The summed E-state index contributed by atoms with van der Waals surface area (Å²) in [6, 6.07) is 6.54. The molecule has 2 amide bonds. The molecule has 96 valence electrons. The average Bonchev–Trinajstić information content (AvgIpc) is 2.38. The molecule has 0 spiro atoms. The first kappa shape index (κ1) is 15.6. The van der Waals surface area contributed by atoms with Crippen LogP contribution in [0, 0.1) is 6.92 Å². The van der Waals surface area contributed by atoms with Crippen molar-refractivity contribution in [3.63, 3.8) is 0 Å². The molecule has 1 aromatic carbocycles. The van der Waals surface area contributed by atoms with Crippen molar-refractivity contribution >= 4 is 17.1 Å². The zero-order chi connectivity index (χ0) is 13.3. The summed E-state index contributed by atoms with van der Waals surface area (Å²) < 4.78 is 16.2. The van der Waals surface area contributed by atoms with E-state index in [4.69, 9.17) is 0 Å². The smallest absolute Gasteiger partial charge is 0.339 e. The van der Waals surface area contributed by atoms with Crippen LogP contribution in [0.2, 0.25) is 0 Å². The van der Waals surface area contributed by atoms with E-state index in [-0.39, 0.29) is 0 Å².